The van der Waals surface area contributed by atoms with E-state index in [1.165, 1.54) is 19.3 Å². The number of hydrogen-bond donors (Lipinski definition) is 0. The van der Waals surface area contributed by atoms with E-state index in [0.29, 0.717) is 6.61 Å². The molecule has 1 rings (SSSR count). The molecular formula is C12H25O4Si. The zero-order chi connectivity index (χ0) is 12.5. The molecular weight excluding hydrogens is 236 g/mol. The van der Waals surface area contributed by atoms with Crippen LogP contribution in [0.15, 0.2) is 0 Å². The lowest BCUT2D eigenvalue weighted by Gasteiger charge is -2.23. The highest BCUT2D eigenvalue weighted by atomic mass is 28.3. The van der Waals surface area contributed by atoms with Crippen molar-refractivity contribution in [3.8, 4) is 0 Å². The summed E-state index contributed by atoms with van der Waals surface area (Å²) in [6, 6.07) is 0. The van der Waals surface area contributed by atoms with Gasteiger partial charge < -0.3 is 18.0 Å². The Labute approximate surface area is 107 Å². The first-order chi connectivity index (χ1) is 8.22. The predicted molar refractivity (Wildman–Crippen MR) is 67.5 cm³/mol. The Balaban J connectivity index is 2.43. The summed E-state index contributed by atoms with van der Waals surface area (Å²) in [6.45, 7) is 7.33. The molecule has 0 aromatic heterocycles. The largest absolute Gasteiger partial charge is 0.579 e. The van der Waals surface area contributed by atoms with Crippen molar-refractivity contribution in [3.63, 3.8) is 0 Å². The van der Waals surface area contributed by atoms with Crippen LogP contribution in [0.4, 0.5) is 0 Å². The predicted octanol–water partition coefficient (Wildman–Crippen LogP) is 2.76. The summed E-state index contributed by atoms with van der Waals surface area (Å²) in [6.07, 6.45) is 5.85. The third kappa shape index (κ3) is 7.16. The third-order valence-electron chi connectivity index (χ3n) is 2.68. The molecule has 0 saturated carbocycles. The quantitative estimate of drug-likeness (QED) is 0.716. The Morgan fingerprint density at radius 1 is 1.12 bits per heavy atom. The monoisotopic (exact) mass is 261 g/mol. The van der Waals surface area contributed by atoms with E-state index in [-0.39, 0.29) is 12.4 Å². The van der Waals surface area contributed by atoms with Crippen LogP contribution in [-0.2, 0) is 18.0 Å². The molecule has 17 heavy (non-hydrogen) atoms. The number of rotatable bonds is 2. The van der Waals surface area contributed by atoms with Gasteiger partial charge in [0.1, 0.15) is 6.29 Å². The molecule has 0 aromatic rings. The van der Waals surface area contributed by atoms with E-state index in [1.807, 2.05) is 13.8 Å². The maximum absolute atomic E-state index is 5.81. The molecule has 2 atom stereocenters. The summed E-state index contributed by atoms with van der Waals surface area (Å²) in [7, 11) is -1.65. The average Bonchev–Trinajstić information content (AvgIpc) is 2.26. The van der Waals surface area contributed by atoms with Crippen LogP contribution >= 0.6 is 0 Å². The highest BCUT2D eigenvalue weighted by Gasteiger charge is 2.25. The van der Waals surface area contributed by atoms with Gasteiger partial charge in [-0.1, -0.05) is 19.3 Å². The van der Waals surface area contributed by atoms with Gasteiger partial charge in [0.15, 0.2) is 0 Å². The van der Waals surface area contributed by atoms with Crippen LogP contribution in [0.5, 0.6) is 0 Å². The molecule has 1 saturated heterocycles. The zero-order valence-electron chi connectivity index (χ0n) is 11.2. The van der Waals surface area contributed by atoms with Crippen LogP contribution in [0.1, 0.15) is 52.9 Å². The van der Waals surface area contributed by atoms with Crippen molar-refractivity contribution >= 4 is 9.53 Å². The van der Waals surface area contributed by atoms with Crippen molar-refractivity contribution in [2.75, 3.05) is 13.2 Å². The van der Waals surface area contributed by atoms with E-state index in [2.05, 4.69) is 6.92 Å². The van der Waals surface area contributed by atoms with Crippen LogP contribution in [0.25, 0.3) is 0 Å². The van der Waals surface area contributed by atoms with Crippen molar-refractivity contribution in [2.24, 2.45) is 0 Å². The molecule has 5 heteroatoms. The molecule has 1 aliphatic rings. The Kier molecular flexibility index (Phi) is 8.05. The smallest absolute Gasteiger partial charge is 0.371 e. The van der Waals surface area contributed by atoms with Gasteiger partial charge in [0.25, 0.3) is 0 Å². The van der Waals surface area contributed by atoms with E-state index in [0.717, 1.165) is 19.4 Å². The molecule has 0 spiro atoms. The van der Waals surface area contributed by atoms with Crippen molar-refractivity contribution in [1.29, 1.82) is 0 Å². The van der Waals surface area contributed by atoms with E-state index in [4.69, 9.17) is 18.0 Å². The molecule has 0 N–H and O–H groups in total. The third-order valence-corrected chi connectivity index (χ3v) is 4.32. The van der Waals surface area contributed by atoms with Crippen LogP contribution in [-0.4, -0.2) is 35.1 Å². The molecule has 0 aliphatic carbocycles. The molecule has 4 nitrogen and oxygen atoms in total. The highest BCUT2D eigenvalue weighted by molar-refractivity contribution is 6.36. The topological polar surface area (TPSA) is 36.9 Å². The first kappa shape index (κ1) is 15.1. The summed E-state index contributed by atoms with van der Waals surface area (Å²) in [5.41, 5.74) is 0. The van der Waals surface area contributed by atoms with E-state index in [9.17, 15) is 0 Å². The van der Waals surface area contributed by atoms with Crippen LogP contribution in [0.2, 0.25) is 0 Å². The lowest BCUT2D eigenvalue weighted by Crippen LogP contribution is -2.35. The van der Waals surface area contributed by atoms with E-state index < -0.39 is 9.53 Å². The molecule has 0 aromatic carbocycles. The second kappa shape index (κ2) is 9.05. The lowest BCUT2D eigenvalue weighted by atomic mass is 10.1. The van der Waals surface area contributed by atoms with Gasteiger partial charge in [-0.05, 0) is 33.6 Å². The highest BCUT2D eigenvalue weighted by Crippen LogP contribution is 2.13. The molecule has 1 fully saturated rings. The van der Waals surface area contributed by atoms with Crippen molar-refractivity contribution in [2.45, 2.75) is 65.3 Å². The normalized spacial score (nSPS) is 30.5. The van der Waals surface area contributed by atoms with Gasteiger partial charge in [-0.2, -0.15) is 0 Å². The summed E-state index contributed by atoms with van der Waals surface area (Å²) in [5.74, 6) is 0. The molecule has 0 bridgehead atoms. The fourth-order valence-corrected chi connectivity index (χ4v) is 2.96. The fourth-order valence-electron chi connectivity index (χ4n) is 1.74. The average molecular weight is 261 g/mol. The molecule has 1 radical (unpaired) electrons. The summed E-state index contributed by atoms with van der Waals surface area (Å²) in [4.78, 5) is 0. The second-order valence-electron chi connectivity index (χ2n) is 4.37. The minimum absolute atomic E-state index is 0.210. The van der Waals surface area contributed by atoms with Gasteiger partial charge in [-0.3, -0.25) is 0 Å². The Hall–Kier alpha value is 0.0569. The van der Waals surface area contributed by atoms with Crippen molar-refractivity contribution in [1.82, 2.24) is 0 Å². The van der Waals surface area contributed by atoms with Gasteiger partial charge in [0, 0.05) is 19.3 Å². The second-order valence-corrected chi connectivity index (χ2v) is 5.63. The van der Waals surface area contributed by atoms with Crippen molar-refractivity contribution in [3.05, 3.63) is 0 Å². The molecule has 2 unspecified atom stereocenters. The zero-order valence-corrected chi connectivity index (χ0v) is 12.2. The first-order valence-corrected chi connectivity index (χ1v) is 7.89. The van der Waals surface area contributed by atoms with Gasteiger partial charge >= 0.3 is 9.53 Å². The lowest BCUT2D eigenvalue weighted by molar-refractivity contribution is -0.103. The number of ether oxygens (including phenoxy) is 1. The van der Waals surface area contributed by atoms with E-state index >= 15 is 0 Å². The first-order valence-electron chi connectivity index (χ1n) is 6.67. The number of hydrogen-bond acceptors (Lipinski definition) is 4. The van der Waals surface area contributed by atoms with Gasteiger partial charge in [0.2, 0.25) is 0 Å². The van der Waals surface area contributed by atoms with Crippen LogP contribution in [0, 0.1) is 0 Å². The summed E-state index contributed by atoms with van der Waals surface area (Å²) >= 11 is 0. The molecule has 1 heterocycles. The standard InChI is InChI=1S/C12H25O4Si/c1-4-14-17-15-11(2)9-7-5-6-8-10-13-12(3)16-17/h11-12H,4-10H2,1-3H3. The minimum atomic E-state index is -1.65. The van der Waals surface area contributed by atoms with Gasteiger partial charge in [-0.15, -0.1) is 0 Å². The van der Waals surface area contributed by atoms with Crippen LogP contribution in [0.3, 0.4) is 0 Å². The molecule has 1 aliphatic heterocycles. The Bertz CT molecular complexity index is 175. The van der Waals surface area contributed by atoms with Crippen LogP contribution < -0.4 is 0 Å². The minimum Gasteiger partial charge on any atom is -0.371 e. The SMILES string of the molecule is CCO[Si]1OC(C)CCCCCCOC(C)O1. The Morgan fingerprint density at radius 2 is 1.88 bits per heavy atom. The maximum atomic E-state index is 5.81. The Morgan fingerprint density at radius 3 is 2.65 bits per heavy atom. The van der Waals surface area contributed by atoms with Gasteiger partial charge in [0.05, 0.1) is 0 Å². The summed E-state index contributed by atoms with van der Waals surface area (Å²) in [5, 5.41) is 0. The molecule has 0 amide bonds. The maximum Gasteiger partial charge on any atom is 0.579 e. The molecule has 101 valence electrons. The van der Waals surface area contributed by atoms with Gasteiger partial charge in [-0.25, -0.2) is 0 Å². The van der Waals surface area contributed by atoms with Crippen molar-refractivity contribution < 1.29 is 18.0 Å². The summed E-state index contributed by atoms with van der Waals surface area (Å²) < 4.78 is 22.6. The fraction of sp³-hybridized carbons (Fsp3) is 1.00. The van der Waals surface area contributed by atoms with E-state index in [1.54, 1.807) is 0 Å².